The van der Waals surface area contributed by atoms with Crippen LogP contribution < -0.4 is 5.73 Å². The highest BCUT2D eigenvalue weighted by Crippen LogP contribution is 2.19. The van der Waals surface area contributed by atoms with E-state index in [1.54, 1.807) is 12.3 Å². The molecule has 0 aliphatic carbocycles. The van der Waals surface area contributed by atoms with Crippen LogP contribution >= 0.6 is 11.6 Å². The fraction of sp³-hybridized carbons (Fsp3) is 0.444. The zero-order chi connectivity index (χ0) is 9.84. The highest BCUT2D eigenvalue weighted by molar-refractivity contribution is 6.30. The predicted molar refractivity (Wildman–Crippen MR) is 52.5 cm³/mol. The molecule has 1 rings (SSSR count). The number of hydrogen-bond acceptors (Lipinski definition) is 3. The third kappa shape index (κ3) is 2.66. The van der Waals surface area contributed by atoms with E-state index in [4.69, 9.17) is 17.3 Å². The highest BCUT2D eigenvalue weighted by atomic mass is 35.5. The van der Waals surface area contributed by atoms with Gasteiger partial charge in [-0.25, -0.2) is 0 Å². The monoisotopic (exact) mass is 200 g/mol. The van der Waals surface area contributed by atoms with Crippen LogP contribution in [0, 0.1) is 0 Å². The van der Waals surface area contributed by atoms with E-state index in [0.29, 0.717) is 17.0 Å². The van der Waals surface area contributed by atoms with E-state index in [9.17, 15) is 5.11 Å². The van der Waals surface area contributed by atoms with Crippen molar-refractivity contribution in [3.63, 3.8) is 0 Å². The van der Waals surface area contributed by atoms with Gasteiger partial charge in [0.15, 0.2) is 0 Å². The van der Waals surface area contributed by atoms with E-state index >= 15 is 0 Å². The smallest absolute Gasteiger partial charge is 0.0956 e. The maximum Gasteiger partial charge on any atom is 0.0956 e. The molecule has 0 aromatic carbocycles. The molecular weight excluding hydrogens is 188 g/mol. The number of halogens is 1. The lowest BCUT2D eigenvalue weighted by Gasteiger charge is -2.16. The van der Waals surface area contributed by atoms with Crippen LogP contribution in [0.3, 0.4) is 0 Å². The summed E-state index contributed by atoms with van der Waals surface area (Å²) in [4.78, 5) is 3.87. The Hall–Kier alpha value is -0.640. The summed E-state index contributed by atoms with van der Waals surface area (Å²) in [6.07, 6.45) is 3.13. The summed E-state index contributed by atoms with van der Waals surface area (Å²) >= 11 is 5.72. The van der Waals surface area contributed by atoms with Crippen molar-refractivity contribution < 1.29 is 5.11 Å². The van der Waals surface area contributed by atoms with Crippen molar-refractivity contribution in [2.75, 3.05) is 0 Å². The molecule has 0 aliphatic heterocycles. The Morgan fingerprint density at radius 2 is 2.31 bits per heavy atom. The summed E-state index contributed by atoms with van der Waals surface area (Å²) in [5.74, 6) is 0. The van der Waals surface area contributed by atoms with Crippen LogP contribution in [0.5, 0.6) is 0 Å². The van der Waals surface area contributed by atoms with Gasteiger partial charge in [0.1, 0.15) is 0 Å². The molecule has 13 heavy (non-hydrogen) atoms. The molecule has 72 valence electrons. The van der Waals surface area contributed by atoms with Crippen LogP contribution in [-0.4, -0.2) is 16.1 Å². The molecule has 0 aliphatic rings. The Bertz CT molecular complexity index is 280. The van der Waals surface area contributed by atoms with Gasteiger partial charge in [-0.15, -0.1) is 0 Å². The van der Waals surface area contributed by atoms with Crippen LogP contribution in [0.2, 0.25) is 5.02 Å². The van der Waals surface area contributed by atoms with Crippen molar-refractivity contribution in [3.8, 4) is 0 Å². The minimum Gasteiger partial charge on any atom is -0.387 e. The van der Waals surface area contributed by atoms with Gasteiger partial charge in [-0.2, -0.15) is 0 Å². The summed E-state index contributed by atoms with van der Waals surface area (Å²) < 4.78 is 0. The summed E-state index contributed by atoms with van der Waals surface area (Å²) in [6.45, 7) is 1.92. The Labute approximate surface area is 82.5 Å². The van der Waals surface area contributed by atoms with E-state index in [2.05, 4.69) is 4.98 Å². The van der Waals surface area contributed by atoms with E-state index < -0.39 is 6.10 Å². The standard InChI is InChI=1S/C9H13ClN2O/c1-2-8(11)9(13)6-3-7(10)5-12-4-6/h3-5,8-9,13H,2,11H2,1H3. The van der Waals surface area contributed by atoms with Crippen molar-refractivity contribution >= 4 is 11.6 Å². The summed E-state index contributed by atoms with van der Waals surface area (Å²) in [5.41, 5.74) is 6.35. The van der Waals surface area contributed by atoms with Gasteiger partial charge in [-0.1, -0.05) is 18.5 Å². The topological polar surface area (TPSA) is 59.1 Å². The zero-order valence-corrected chi connectivity index (χ0v) is 8.20. The van der Waals surface area contributed by atoms with Crippen molar-refractivity contribution in [2.45, 2.75) is 25.5 Å². The number of rotatable bonds is 3. The third-order valence-corrected chi connectivity index (χ3v) is 2.15. The molecule has 1 aromatic heterocycles. The first-order valence-electron chi connectivity index (χ1n) is 4.19. The van der Waals surface area contributed by atoms with Crippen molar-refractivity contribution in [3.05, 3.63) is 29.0 Å². The Morgan fingerprint density at radius 1 is 1.62 bits per heavy atom. The first-order chi connectivity index (χ1) is 6.15. The third-order valence-electron chi connectivity index (χ3n) is 1.94. The molecular formula is C9H13ClN2O. The predicted octanol–water partition coefficient (Wildman–Crippen LogP) is 1.51. The second-order valence-electron chi connectivity index (χ2n) is 2.95. The lowest BCUT2D eigenvalue weighted by atomic mass is 10.0. The molecule has 1 aromatic rings. The number of hydrogen-bond donors (Lipinski definition) is 2. The Kier molecular flexibility index (Phi) is 3.66. The fourth-order valence-electron chi connectivity index (χ4n) is 1.06. The van der Waals surface area contributed by atoms with Gasteiger partial charge in [0.05, 0.1) is 11.1 Å². The van der Waals surface area contributed by atoms with Gasteiger partial charge >= 0.3 is 0 Å². The largest absolute Gasteiger partial charge is 0.387 e. The number of nitrogens with zero attached hydrogens (tertiary/aromatic N) is 1. The molecule has 0 spiro atoms. The number of pyridine rings is 1. The van der Waals surface area contributed by atoms with Crippen LogP contribution in [0.1, 0.15) is 25.0 Å². The molecule has 0 saturated heterocycles. The molecule has 0 saturated carbocycles. The van der Waals surface area contributed by atoms with Crippen molar-refractivity contribution in [1.82, 2.24) is 4.98 Å². The molecule has 4 heteroatoms. The summed E-state index contributed by atoms with van der Waals surface area (Å²) in [7, 11) is 0. The average Bonchev–Trinajstić information content (AvgIpc) is 2.15. The van der Waals surface area contributed by atoms with E-state index in [1.807, 2.05) is 6.92 Å². The second-order valence-corrected chi connectivity index (χ2v) is 3.39. The first kappa shape index (κ1) is 10.4. The molecule has 2 unspecified atom stereocenters. The molecule has 2 atom stereocenters. The van der Waals surface area contributed by atoms with Crippen molar-refractivity contribution in [1.29, 1.82) is 0 Å². The van der Waals surface area contributed by atoms with Gasteiger partial charge in [0, 0.05) is 24.0 Å². The normalized spacial score (nSPS) is 15.4. The molecule has 0 radical (unpaired) electrons. The number of aliphatic hydroxyl groups excluding tert-OH is 1. The lowest BCUT2D eigenvalue weighted by Crippen LogP contribution is -2.27. The van der Waals surface area contributed by atoms with Crippen LogP contribution in [-0.2, 0) is 0 Å². The van der Waals surface area contributed by atoms with Gasteiger partial charge in [0.2, 0.25) is 0 Å². The van der Waals surface area contributed by atoms with E-state index in [0.717, 1.165) is 0 Å². The van der Waals surface area contributed by atoms with Crippen molar-refractivity contribution in [2.24, 2.45) is 5.73 Å². The van der Waals surface area contributed by atoms with Gasteiger partial charge in [0.25, 0.3) is 0 Å². The minimum atomic E-state index is -0.684. The van der Waals surface area contributed by atoms with E-state index in [-0.39, 0.29) is 6.04 Å². The molecule has 3 N–H and O–H groups in total. The zero-order valence-electron chi connectivity index (χ0n) is 7.44. The quantitative estimate of drug-likeness (QED) is 0.778. The van der Waals surface area contributed by atoms with E-state index in [1.165, 1.54) is 6.20 Å². The van der Waals surface area contributed by atoms with Gasteiger partial charge in [-0.05, 0) is 12.5 Å². The maximum absolute atomic E-state index is 9.69. The van der Waals surface area contributed by atoms with Gasteiger partial charge < -0.3 is 10.8 Å². The average molecular weight is 201 g/mol. The molecule has 0 fully saturated rings. The van der Waals surface area contributed by atoms with Gasteiger partial charge in [-0.3, -0.25) is 4.98 Å². The SMILES string of the molecule is CCC(N)C(O)c1cncc(Cl)c1. The Morgan fingerprint density at radius 3 is 2.85 bits per heavy atom. The summed E-state index contributed by atoms with van der Waals surface area (Å²) in [5, 5.41) is 10.2. The first-order valence-corrected chi connectivity index (χ1v) is 4.57. The number of aliphatic hydroxyl groups is 1. The molecule has 0 bridgehead atoms. The van der Waals surface area contributed by atoms with Crippen LogP contribution in [0.4, 0.5) is 0 Å². The Balaban J connectivity index is 2.82. The van der Waals surface area contributed by atoms with Crippen LogP contribution in [0.25, 0.3) is 0 Å². The molecule has 1 heterocycles. The molecule has 3 nitrogen and oxygen atoms in total. The molecule has 0 amide bonds. The summed E-state index contributed by atoms with van der Waals surface area (Å²) in [6, 6.07) is 1.41. The maximum atomic E-state index is 9.69. The number of aromatic nitrogens is 1. The van der Waals surface area contributed by atoms with Crippen LogP contribution in [0.15, 0.2) is 18.5 Å². The second kappa shape index (κ2) is 4.56. The highest BCUT2D eigenvalue weighted by Gasteiger charge is 2.15. The fourth-order valence-corrected chi connectivity index (χ4v) is 1.24. The minimum absolute atomic E-state index is 0.264. The number of nitrogens with two attached hydrogens (primary N) is 1. The lowest BCUT2D eigenvalue weighted by molar-refractivity contribution is 0.144.